The molecular weight excluding hydrogens is 304 g/mol. The van der Waals surface area contributed by atoms with Gasteiger partial charge in [0.2, 0.25) is 10.0 Å². The van der Waals surface area contributed by atoms with Gasteiger partial charge in [0.15, 0.2) is 0 Å². The minimum absolute atomic E-state index is 0.111. The van der Waals surface area contributed by atoms with Crippen LogP contribution in [0.25, 0.3) is 0 Å². The Hall–Kier alpha value is -0.590. The molecule has 3 N–H and O–H groups in total. The average Bonchev–Trinajstić information content (AvgIpc) is 2.26. The molecule has 0 saturated heterocycles. The van der Waals surface area contributed by atoms with Crippen molar-refractivity contribution in [2.75, 3.05) is 5.32 Å². The molecule has 17 heavy (non-hydrogen) atoms. The molecule has 0 saturated carbocycles. The van der Waals surface area contributed by atoms with Crippen molar-refractivity contribution < 1.29 is 8.42 Å². The number of anilines is 1. The van der Waals surface area contributed by atoms with Gasteiger partial charge in [-0.2, -0.15) is 0 Å². The predicted octanol–water partition coefficient (Wildman–Crippen LogP) is 2.70. The summed E-state index contributed by atoms with van der Waals surface area (Å²) in [6, 6.07) is 5.12. The molecule has 0 aliphatic heterocycles. The highest BCUT2D eigenvalue weighted by molar-refractivity contribution is 9.10. The molecule has 1 aromatic rings. The van der Waals surface area contributed by atoms with Crippen LogP contribution in [0.2, 0.25) is 0 Å². The van der Waals surface area contributed by atoms with Crippen LogP contribution in [0.5, 0.6) is 0 Å². The van der Waals surface area contributed by atoms with Crippen LogP contribution in [0.15, 0.2) is 27.6 Å². The molecule has 0 fully saturated rings. The number of nitrogens with two attached hydrogens (primary N) is 1. The number of hydrogen-bond acceptors (Lipinski definition) is 3. The number of sulfonamides is 1. The molecule has 0 heterocycles. The topological polar surface area (TPSA) is 72.2 Å². The number of halogens is 1. The first-order valence-electron chi connectivity index (χ1n) is 5.47. The lowest BCUT2D eigenvalue weighted by Gasteiger charge is -2.17. The van der Waals surface area contributed by atoms with E-state index in [0.29, 0.717) is 10.5 Å². The van der Waals surface area contributed by atoms with Gasteiger partial charge < -0.3 is 5.32 Å². The normalized spacial score (nSPS) is 11.8. The summed E-state index contributed by atoms with van der Waals surface area (Å²) in [6.07, 6.45) is 2.03. The molecule has 1 rings (SSSR count). The fourth-order valence-corrected chi connectivity index (χ4v) is 2.69. The van der Waals surface area contributed by atoms with Crippen LogP contribution < -0.4 is 10.5 Å². The molecule has 96 valence electrons. The van der Waals surface area contributed by atoms with Crippen molar-refractivity contribution in [3.63, 3.8) is 0 Å². The molecule has 0 atom stereocenters. The third-order valence-electron chi connectivity index (χ3n) is 2.61. The summed E-state index contributed by atoms with van der Waals surface area (Å²) in [5, 5.41) is 8.40. The minimum atomic E-state index is -3.64. The van der Waals surface area contributed by atoms with Gasteiger partial charge in [-0.05, 0) is 47.0 Å². The van der Waals surface area contributed by atoms with Crippen molar-refractivity contribution in [1.82, 2.24) is 0 Å². The van der Waals surface area contributed by atoms with Crippen LogP contribution in [0.3, 0.4) is 0 Å². The van der Waals surface area contributed by atoms with Crippen molar-refractivity contribution in [3.8, 4) is 0 Å². The Morgan fingerprint density at radius 2 is 1.94 bits per heavy atom. The number of nitrogens with one attached hydrogen (secondary N) is 1. The van der Waals surface area contributed by atoms with Crippen LogP contribution >= 0.6 is 15.9 Å². The van der Waals surface area contributed by atoms with E-state index in [2.05, 4.69) is 35.1 Å². The largest absolute Gasteiger partial charge is 0.381 e. The number of rotatable bonds is 5. The highest BCUT2D eigenvalue weighted by Crippen LogP contribution is 2.26. The summed E-state index contributed by atoms with van der Waals surface area (Å²) in [5.41, 5.74) is 0.881. The molecule has 0 spiro atoms. The van der Waals surface area contributed by atoms with Gasteiger partial charge >= 0.3 is 0 Å². The second kappa shape index (κ2) is 5.84. The fraction of sp³-hybridized carbons (Fsp3) is 0.455. The summed E-state index contributed by atoms with van der Waals surface area (Å²) in [6.45, 7) is 4.21. The molecule has 0 aliphatic rings. The van der Waals surface area contributed by atoms with Crippen LogP contribution in [0, 0.1) is 0 Å². The first-order chi connectivity index (χ1) is 7.88. The lowest BCUT2D eigenvalue weighted by Crippen LogP contribution is -2.17. The number of hydrogen-bond donors (Lipinski definition) is 2. The van der Waals surface area contributed by atoms with Crippen molar-refractivity contribution >= 4 is 31.6 Å². The minimum Gasteiger partial charge on any atom is -0.381 e. The molecule has 0 aliphatic carbocycles. The van der Waals surface area contributed by atoms with E-state index < -0.39 is 10.0 Å². The summed E-state index contributed by atoms with van der Waals surface area (Å²) in [4.78, 5) is 0.111. The Balaban J connectivity index is 2.98. The number of primary sulfonamides is 1. The zero-order valence-electron chi connectivity index (χ0n) is 9.90. The second-order valence-electron chi connectivity index (χ2n) is 3.84. The zero-order chi connectivity index (χ0) is 13.1. The van der Waals surface area contributed by atoms with E-state index in [-0.39, 0.29) is 4.90 Å². The van der Waals surface area contributed by atoms with Crippen molar-refractivity contribution in [2.24, 2.45) is 5.14 Å². The van der Waals surface area contributed by atoms with E-state index >= 15 is 0 Å². The molecule has 6 heteroatoms. The monoisotopic (exact) mass is 320 g/mol. The average molecular weight is 321 g/mol. The van der Waals surface area contributed by atoms with Gasteiger partial charge in [-0.15, -0.1) is 0 Å². The lowest BCUT2D eigenvalue weighted by atomic mass is 10.1. The van der Waals surface area contributed by atoms with Crippen LogP contribution in [0.1, 0.15) is 26.7 Å². The summed E-state index contributed by atoms with van der Waals surface area (Å²) < 4.78 is 23.0. The predicted molar refractivity (Wildman–Crippen MR) is 73.5 cm³/mol. The molecule has 0 bridgehead atoms. The lowest BCUT2D eigenvalue weighted by molar-refractivity contribution is 0.597. The summed E-state index contributed by atoms with van der Waals surface area (Å²) in [7, 11) is -3.64. The third kappa shape index (κ3) is 3.97. The molecule has 4 nitrogen and oxygen atoms in total. The Morgan fingerprint density at radius 1 is 1.35 bits per heavy atom. The first kappa shape index (κ1) is 14.5. The molecule has 0 amide bonds. The third-order valence-corrected chi connectivity index (χ3v) is 4.18. The van der Waals surface area contributed by atoms with Crippen molar-refractivity contribution in [2.45, 2.75) is 37.6 Å². The van der Waals surface area contributed by atoms with Gasteiger partial charge in [-0.3, -0.25) is 0 Å². The summed E-state index contributed by atoms with van der Waals surface area (Å²) >= 11 is 3.34. The summed E-state index contributed by atoms with van der Waals surface area (Å²) in [5.74, 6) is 0. The van der Waals surface area contributed by atoms with Gasteiger partial charge in [0, 0.05) is 16.2 Å². The van der Waals surface area contributed by atoms with E-state index in [4.69, 9.17) is 5.14 Å². The second-order valence-corrected chi connectivity index (χ2v) is 6.26. The molecule has 0 unspecified atom stereocenters. The maximum Gasteiger partial charge on any atom is 0.238 e. The Bertz CT molecular complexity index is 484. The van der Waals surface area contributed by atoms with Gasteiger partial charge in [-0.25, -0.2) is 13.6 Å². The standard InChI is InChI=1S/C11H17BrN2O2S/c1-3-8(4-2)14-11-6-5-9(7-10(11)12)17(13,15)16/h5-8,14H,3-4H2,1-2H3,(H2,13,15,16). The van der Waals surface area contributed by atoms with Gasteiger partial charge in [-0.1, -0.05) is 13.8 Å². The smallest absolute Gasteiger partial charge is 0.238 e. The van der Waals surface area contributed by atoms with E-state index in [0.717, 1.165) is 18.5 Å². The van der Waals surface area contributed by atoms with Crippen molar-refractivity contribution in [1.29, 1.82) is 0 Å². The highest BCUT2D eigenvalue weighted by atomic mass is 79.9. The maximum atomic E-state index is 11.2. The molecule has 1 aromatic carbocycles. The zero-order valence-corrected chi connectivity index (χ0v) is 12.3. The maximum absolute atomic E-state index is 11.2. The first-order valence-corrected chi connectivity index (χ1v) is 7.81. The molecule has 0 aromatic heterocycles. The van der Waals surface area contributed by atoms with E-state index in [1.165, 1.54) is 12.1 Å². The Kier molecular flexibility index (Phi) is 4.97. The van der Waals surface area contributed by atoms with Gasteiger partial charge in [0.25, 0.3) is 0 Å². The Labute approximate surface area is 111 Å². The fourth-order valence-electron chi connectivity index (χ4n) is 1.50. The Morgan fingerprint density at radius 3 is 2.35 bits per heavy atom. The number of benzene rings is 1. The van der Waals surface area contributed by atoms with Gasteiger partial charge in [0.1, 0.15) is 0 Å². The highest BCUT2D eigenvalue weighted by Gasteiger charge is 2.11. The van der Waals surface area contributed by atoms with Crippen molar-refractivity contribution in [3.05, 3.63) is 22.7 Å². The molecular formula is C11H17BrN2O2S. The van der Waals surface area contributed by atoms with E-state index in [1.807, 2.05) is 0 Å². The van der Waals surface area contributed by atoms with Crippen LogP contribution in [0.4, 0.5) is 5.69 Å². The van der Waals surface area contributed by atoms with Crippen LogP contribution in [-0.4, -0.2) is 14.5 Å². The van der Waals surface area contributed by atoms with E-state index in [1.54, 1.807) is 6.07 Å². The van der Waals surface area contributed by atoms with E-state index in [9.17, 15) is 8.42 Å². The quantitative estimate of drug-likeness (QED) is 0.876. The SMILES string of the molecule is CCC(CC)Nc1ccc(S(N)(=O)=O)cc1Br. The van der Waals surface area contributed by atoms with Crippen LogP contribution in [-0.2, 0) is 10.0 Å². The van der Waals surface area contributed by atoms with Gasteiger partial charge in [0.05, 0.1) is 4.90 Å². The molecule has 0 radical (unpaired) electrons.